The Morgan fingerprint density at radius 1 is 1.14 bits per heavy atom. The predicted molar refractivity (Wildman–Crippen MR) is 58.4 cm³/mol. The molecule has 0 amide bonds. The van der Waals surface area contributed by atoms with E-state index in [0.717, 1.165) is 18.4 Å². The average Bonchev–Trinajstić information content (AvgIpc) is 2.18. The highest BCUT2D eigenvalue weighted by Gasteiger charge is 2.40. The first-order chi connectivity index (χ1) is 6.61. The van der Waals surface area contributed by atoms with E-state index < -0.39 is 0 Å². The van der Waals surface area contributed by atoms with Crippen molar-refractivity contribution in [1.82, 2.24) is 4.90 Å². The van der Waals surface area contributed by atoms with Gasteiger partial charge >= 0.3 is 0 Å². The molecule has 0 saturated carbocycles. The van der Waals surface area contributed by atoms with Gasteiger partial charge in [0.1, 0.15) is 0 Å². The minimum absolute atomic E-state index is 0.248. The minimum Gasteiger partial charge on any atom is -0.375 e. The van der Waals surface area contributed by atoms with Gasteiger partial charge in [0.2, 0.25) is 0 Å². The fourth-order valence-electron chi connectivity index (χ4n) is 2.69. The lowest BCUT2D eigenvalue weighted by molar-refractivity contribution is -0.141. The fraction of sp³-hybridized carbons (Fsp3) is 1.00. The molecule has 82 valence electrons. The molecule has 2 unspecified atom stereocenters. The number of piperidine rings is 1. The van der Waals surface area contributed by atoms with E-state index in [1.165, 1.54) is 32.4 Å². The number of hydrogen-bond donors (Lipinski definition) is 0. The van der Waals surface area contributed by atoms with Crippen LogP contribution in [0.5, 0.6) is 0 Å². The van der Waals surface area contributed by atoms with Gasteiger partial charge in [-0.2, -0.15) is 0 Å². The molecular formula is C12H23NO. The Morgan fingerprint density at radius 2 is 1.79 bits per heavy atom. The Bertz CT molecular complexity index is 191. The molecular weight excluding hydrogens is 174 g/mol. The molecule has 2 rings (SSSR count). The molecule has 2 fully saturated rings. The van der Waals surface area contributed by atoms with Gasteiger partial charge in [0, 0.05) is 13.1 Å². The molecule has 2 heteroatoms. The zero-order valence-corrected chi connectivity index (χ0v) is 9.75. The molecule has 2 aliphatic rings. The van der Waals surface area contributed by atoms with Crippen molar-refractivity contribution in [2.24, 2.45) is 11.8 Å². The number of rotatable bonds is 0. The molecule has 0 aliphatic carbocycles. The molecule has 0 N–H and O–H groups in total. The van der Waals surface area contributed by atoms with Crippen molar-refractivity contribution in [1.29, 1.82) is 0 Å². The third-order valence-electron chi connectivity index (χ3n) is 4.22. The quantitative estimate of drug-likeness (QED) is 0.590. The van der Waals surface area contributed by atoms with Crippen LogP contribution in [0.3, 0.4) is 0 Å². The van der Waals surface area contributed by atoms with Gasteiger partial charge in [-0.25, -0.2) is 0 Å². The minimum atomic E-state index is 0.248. The van der Waals surface area contributed by atoms with Crippen molar-refractivity contribution in [2.75, 3.05) is 26.7 Å². The van der Waals surface area contributed by atoms with Crippen molar-refractivity contribution in [3.8, 4) is 0 Å². The maximum absolute atomic E-state index is 6.11. The van der Waals surface area contributed by atoms with Crippen molar-refractivity contribution in [3.05, 3.63) is 0 Å². The number of hydrogen-bond acceptors (Lipinski definition) is 2. The van der Waals surface area contributed by atoms with Crippen LogP contribution in [-0.4, -0.2) is 37.2 Å². The van der Waals surface area contributed by atoms with Crippen molar-refractivity contribution in [3.63, 3.8) is 0 Å². The molecule has 0 aromatic heterocycles. The van der Waals surface area contributed by atoms with E-state index >= 15 is 0 Å². The first-order valence-electron chi connectivity index (χ1n) is 5.94. The molecule has 2 saturated heterocycles. The SMILES string of the molecule is CC1COC2(CCN(C)CC2)CC1C. The van der Waals surface area contributed by atoms with E-state index in [1.54, 1.807) is 0 Å². The van der Waals surface area contributed by atoms with E-state index in [1.807, 2.05) is 0 Å². The summed E-state index contributed by atoms with van der Waals surface area (Å²) in [6.07, 6.45) is 3.75. The van der Waals surface area contributed by atoms with Crippen LogP contribution < -0.4 is 0 Å². The van der Waals surface area contributed by atoms with E-state index in [9.17, 15) is 0 Å². The second kappa shape index (κ2) is 3.82. The Balaban J connectivity index is 1.97. The smallest absolute Gasteiger partial charge is 0.0709 e. The van der Waals surface area contributed by atoms with Crippen LogP contribution in [0.25, 0.3) is 0 Å². The van der Waals surface area contributed by atoms with Crippen molar-refractivity contribution >= 4 is 0 Å². The summed E-state index contributed by atoms with van der Waals surface area (Å²) in [5.41, 5.74) is 0.248. The van der Waals surface area contributed by atoms with E-state index in [2.05, 4.69) is 25.8 Å². The third-order valence-corrected chi connectivity index (χ3v) is 4.22. The lowest BCUT2D eigenvalue weighted by Crippen LogP contribution is -2.49. The van der Waals surface area contributed by atoms with Gasteiger partial charge in [0.05, 0.1) is 12.2 Å². The van der Waals surface area contributed by atoms with Crippen molar-refractivity contribution in [2.45, 2.75) is 38.7 Å². The molecule has 0 aromatic rings. The van der Waals surface area contributed by atoms with Gasteiger partial charge in [0.15, 0.2) is 0 Å². The second-order valence-electron chi connectivity index (χ2n) is 5.46. The van der Waals surface area contributed by atoms with Gasteiger partial charge in [-0.05, 0) is 38.1 Å². The lowest BCUT2D eigenvalue weighted by atomic mass is 9.77. The Hall–Kier alpha value is -0.0800. The van der Waals surface area contributed by atoms with Crippen LogP contribution in [0, 0.1) is 11.8 Å². The molecule has 2 atom stereocenters. The van der Waals surface area contributed by atoms with Crippen LogP contribution in [0.15, 0.2) is 0 Å². The van der Waals surface area contributed by atoms with Crippen LogP contribution >= 0.6 is 0 Å². The maximum Gasteiger partial charge on any atom is 0.0709 e. The number of likely N-dealkylation sites (tertiary alicyclic amines) is 1. The zero-order chi connectivity index (χ0) is 10.2. The Kier molecular flexibility index (Phi) is 2.85. The van der Waals surface area contributed by atoms with Gasteiger partial charge in [-0.1, -0.05) is 13.8 Å². The van der Waals surface area contributed by atoms with Gasteiger partial charge in [-0.3, -0.25) is 0 Å². The van der Waals surface area contributed by atoms with Gasteiger partial charge in [0.25, 0.3) is 0 Å². The van der Waals surface area contributed by atoms with E-state index in [4.69, 9.17) is 4.74 Å². The van der Waals surface area contributed by atoms with Gasteiger partial charge < -0.3 is 9.64 Å². The summed E-state index contributed by atoms with van der Waals surface area (Å²) in [4.78, 5) is 2.41. The first kappa shape index (κ1) is 10.4. The zero-order valence-electron chi connectivity index (χ0n) is 9.75. The van der Waals surface area contributed by atoms with Crippen LogP contribution in [0.1, 0.15) is 33.1 Å². The Labute approximate surface area is 87.6 Å². The molecule has 0 aromatic carbocycles. The molecule has 1 spiro atoms. The summed E-state index contributed by atoms with van der Waals surface area (Å²) in [7, 11) is 2.21. The summed E-state index contributed by atoms with van der Waals surface area (Å²) >= 11 is 0. The summed E-state index contributed by atoms with van der Waals surface area (Å²) in [6.45, 7) is 8.09. The predicted octanol–water partition coefficient (Wildman–Crippen LogP) is 2.14. The summed E-state index contributed by atoms with van der Waals surface area (Å²) in [5, 5.41) is 0. The molecule has 2 nitrogen and oxygen atoms in total. The Morgan fingerprint density at radius 3 is 2.36 bits per heavy atom. The van der Waals surface area contributed by atoms with Gasteiger partial charge in [-0.15, -0.1) is 0 Å². The standard InChI is InChI=1S/C12H23NO/c1-10-8-12(14-9-11(10)2)4-6-13(3)7-5-12/h10-11H,4-9H2,1-3H3. The highest BCUT2D eigenvalue weighted by atomic mass is 16.5. The van der Waals surface area contributed by atoms with Crippen LogP contribution in [0.4, 0.5) is 0 Å². The normalized spacial score (nSPS) is 38.8. The fourth-order valence-corrected chi connectivity index (χ4v) is 2.69. The molecule has 14 heavy (non-hydrogen) atoms. The second-order valence-corrected chi connectivity index (χ2v) is 5.46. The maximum atomic E-state index is 6.11. The molecule has 2 aliphatic heterocycles. The third kappa shape index (κ3) is 1.96. The topological polar surface area (TPSA) is 12.5 Å². The van der Waals surface area contributed by atoms with E-state index in [0.29, 0.717) is 0 Å². The highest BCUT2D eigenvalue weighted by molar-refractivity contribution is 4.91. The molecule has 0 radical (unpaired) electrons. The van der Waals surface area contributed by atoms with E-state index in [-0.39, 0.29) is 5.60 Å². The van der Waals surface area contributed by atoms with Crippen LogP contribution in [-0.2, 0) is 4.74 Å². The summed E-state index contributed by atoms with van der Waals surface area (Å²) < 4.78 is 6.11. The molecule has 2 heterocycles. The average molecular weight is 197 g/mol. The molecule has 0 bridgehead atoms. The summed E-state index contributed by atoms with van der Waals surface area (Å²) in [6, 6.07) is 0. The number of ether oxygens (including phenoxy) is 1. The first-order valence-corrected chi connectivity index (χ1v) is 5.94. The highest BCUT2D eigenvalue weighted by Crippen LogP contribution is 2.39. The van der Waals surface area contributed by atoms with Crippen molar-refractivity contribution < 1.29 is 4.74 Å². The lowest BCUT2D eigenvalue weighted by Gasteiger charge is -2.47. The largest absolute Gasteiger partial charge is 0.375 e. The van der Waals surface area contributed by atoms with Crippen LogP contribution in [0.2, 0.25) is 0 Å². The number of nitrogens with zero attached hydrogens (tertiary/aromatic N) is 1. The monoisotopic (exact) mass is 197 g/mol. The summed E-state index contributed by atoms with van der Waals surface area (Å²) in [5.74, 6) is 1.59.